The summed E-state index contributed by atoms with van der Waals surface area (Å²) in [5, 5.41) is 4.00. The monoisotopic (exact) mass is 281 g/mol. The van der Waals surface area contributed by atoms with Crippen LogP contribution in [0, 0.1) is 17.7 Å². The molecule has 0 aromatic heterocycles. The van der Waals surface area contributed by atoms with Crippen molar-refractivity contribution in [2.45, 2.75) is 45.6 Å². The Morgan fingerprint density at radius 1 is 1.42 bits per heavy atom. The zero-order valence-electron chi connectivity index (χ0n) is 11.6. The first-order valence-electron chi connectivity index (χ1n) is 6.74. The van der Waals surface area contributed by atoms with Gasteiger partial charge >= 0.3 is 0 Å². The summed E-state index contributed by atoms with van der Waals surface area (Å²) in [5.74, 6) is 5.70. The van der Waals surface area contributed by atoms with Gasteiger partial charge in [0.25, 0.3) is 0 Å². The minimum Gasteiger partial charge on any atom is -0.314 e. The van der Waals surface area contributed by atoms with E-state index >= 15 is 0 Å². The van der Waals surface area contributed by atoms with Gasteiger partial charge in [-0.2, -0.15) is 0 Å². The van der Waals surface area contributed by atoms with Crippen LogP contribution in [0.1, 0.15) is 38.7 Å². The number of hydrogen-bond acceptors (Lipinski definition) is 1. The van der Waals surface area contributed by atoms with E-state index in [-0.39, 0.29) is 5.82 Å². The Labute approximate surface area is 120 Å². The smallest absolute Gasteiger partial charge is 0.124 e. The van der Waals surface area contributed by atoms with Crippen LogP contribution < -0.4 is 5.32 Å². The molecule has 0 fully saturated rings. The second-order valence-electron chi connectivity index (χ2n) is 4.56. The predicted molar refractivity (Wildman–Crippen MR) is 79.9 cm³/mol. The first-order chi connectivity index (χ1) is 9.17. The topological polar surface area (TPSA) is 12.0 Å². The summed E-state index contributed by atoms with van der Waals surface area (Å²) in [6.45, 7) is 4.97. The number of halogens is 2. The van der Waals surface area contributed by atoms with E-state index in [0.29, 0.717) is 11.1 Å². The maximum atomic E-state index is 13.0. The van der Waals surface area contributed by atoms with E-state index < -0.39 is 0 Å². The van der Waals surface area contributed by atoms with Crippen molar-refractivity contribution < 1.29 is 4.39 Å². The molecular weight excluding hydrogens is 261 g/mol. The zero-order valence-corrected chi connectivity index (χ0v) is 12.4. The molecule has 0 aliphatic heterocycles. The summed E-state index contributed by atoms with van der Waals surface area (Å²) in [4.78, 5) is 0. The molecular formula is C16H21ClFN. The molecule has 0 heterocycles. The lowest BCUT2D eigenvalue weighted by molar-refractivity contribution is 0.483. The largest absolute Gasteiger partial charge is 0.314 e. The molecule has 1 aromatic rings. The molecule has 1 nitrogen and oxygen atoms in total. The molecule has 1 aromatic carbocycles. The fraction of sp³-hybridized carbons (Fsp3) is 0.500. The molecule has 3 heteroatoms. The van der Waals surface area contributed by atoms with Crippen molar-refractivity contribution in [1.82, 2.24) is 5.32 Å². The predicted octanol–water partition coefficient (Wildman–Crippen LogP) is 4.19. The van der Waals surface area contributed by atoms with Gasteiger partial charge in [-0.15, -0.1) is 11.8 Å². The zero-order chi connectivity index (χ0) is 14.1. The number of hydrogen-bond donors (Lipinski definition) is 1. The summed E-state index contributed by atoms with van der Waals surface area (Å²) in [6, 6.07) is 4.94. The van der Waals surface area contributed by atoms with E-state index in [1.54, 1.807) is 6.07 Å². The third kappa shape index (κ3) is 6.09. The number of rotatable bonds is 7. The molecule has 0 aliphatic rings. The second-order valence-corrected chi connectivity index (χ2v) is 4.96. The molecule has 1 rings (SSSR count). The lowest BCUT2D eigenvalue weighted by Gasteiger charge is -2.18. The Morgan fingerprint density at radius 2 is 2.21 bits per heavy atom. The van der Waals surface area contributed by atoms with Gasteiger partial charge in [-0.1, -0.05) is 24.6 Å². The van der Waals surface area contributed by atoms with Crippen LogP contribution in [0.4, 0.5) is 4.39 Å². The van der Waals surface area contributed by atoms with Gasteiger partial charge in [0.1, 0.15) is 5.82 Å². The first kappa shape index (κ1) is 16.0. The molecule has 19 heavy (non-hydrogen) atoms. The molecule has 0 aliphatic carbocycles. The third-order valence-corrected chi connectivity index (χ3v) is 3.31. The fourth-order valence-electron chi connectivity index (χ4n) is 1.95. The molecule has 1 N–H and O–H groups in total. The molecule has 0 spiro atoms. The average molecular weight is 282 g/mol. The molecule has 0 radical (unpaired) electrons. The molecule has 0 amide bonds. The fourth-order valence-corrected chi connectivity index (χ4v) is 2.19. The summed E-state index contributed by atoms with van der Waals surface area (Å²) < 4.78 is 13.0. The minimum atomic E-state index is -0.288. The molecule has 104 valence electrons. The number of benzene rings is 1. The van der Waals surface area contributed by atoms with E-state index in [9.17, 15) is 4.39 Å². The van der Waals surface area contributed by atoms with Crippen LogP contribution in [0.3, 0.4) is 0 Å². The third-order valence-electron chi connectivity index (χ3n) is 2.96. The van der Waals surface area contributed by atoms with E-state index in [4.69, 9.17) is 11.6 Å². The van der Waals surface area contributed by atoms with E-state index in [0.717, 1.165) is 37.8 Å². The summed E-state index contributed by atoms with van der Waals surface area (Å²) in [6.07, 6.45) is 3.75. The Morgan fingerprint density at radius 3 is 2.84 bits per heavy atom. The number of nitrogens with one attached hydrogen (secondary N) is 1. The first-order valence-corrected chi connectivity index (χ1v) is 7.12. The van der Waals surface area contributed by atoms with Gasteiger partial charge in [0, 0.05) is 17.5 Å². The standard InChI is InChI=1S/C16H21ClFN/c1-3-5-6-7-15(19-10-4-2)11-13-8-9-14(18)12-16(13)17/h8-9,12,15,19H,4,6-7,10-11H2,1-2H3. The van der Waals surface area contributed by atoms with Crippen LogP contribution in [0.2, 0.25) is 5.02 Å². The van der Waals surface area contributed by atoms with Gasteiger partial charge in [0.15, 0.2) is 0 Å². The Balaban J connectivity index is 2.65. The van der Waals surface area contributed by atoms with Crippen LogP contribution in [0.15, 0.2) is 18.2 Å². The Hall–Kier alpha value is -1.04. The normalized spacial score (nSPS) is 11.8. The Bertz CT molecular complexity index is 448. The van der Waals surface area contributed by atoms with E-state index in [1.165, 1.54) is 12.1 Å². The second kappa shape index (κ2) is 8.96. The maximum Gasteiger partial charge on any atom is 0.124 e. The van der Waals surface area contributed by atoms with E-state index in [1.807, 2.05) is 6.92 Å². The summed E-state index contributed by atoms with van der Waals surface area (Å²) in [7, 11) is 0. The van der Waals surface area contributed by atoms with Crippen molar-refractivity contribution in [2.75, 3.05) is 6.54 Å². The molecule has 0 saturated carbocycles. The lowest BCUT2D eigenvalue weighted by Crippen LogP contribution is -2.31. The summed E-state index contributed by atoms with van der Waals surface area (Å²) >= 11 is 6.07. The molecule has 0 bridgehead atoms. The van der Waals surface area contributed by atoms with Crippen molar-refractivity contribution in [3.05, 3.63) is 34.6 Å². The van der Waals surface area contributed by atoms with Crippen LogP contribution in [-0.2, 0) is 6.42 Å². The average Bonchev–Trinajstić information content (AvgIpc) is 2.39. The SMILES string of the molecule is CC#CCCC(Cc1ccc(F)cc1Cl)NCCC. The van der Waals surface area contributed by atoms with Gasteiger partial charge < -0.3 is 5.32 Å². The van der Waals surface area contributed by atoms with Gasteiger partial charge in [-0.25, -0.2) is 4.39 Å². The highest BCUT2D eigenvalue weighted by molar-refractivity contribution is 6.31. The highest BCUT2D eigenvalue weighted by Crippen LogP contribution is 2.19. The van der Waals surface area contributed by atoms with Crippen LogP contribution in [0.25, 0.3) is 0 Å². The minimum absolute atomic E-state index is 0.288. The van der Waals surface area contributed by atoms with Gasteiger partial charge in [0.2, 0.25) is 0 Å². The van der Waals surface area contributed by atoms with Gasteiger partial charge in [0.05, 0.1) is 0 Å². The van der Waals surface area contributed by atoms with Crippen molar-refractivity contribution in [1.29, 1.82) is 0 Å². The van der Waals surface area contributed by atoms with Crippen molar-refractivity contribution in [3.8, 4) is 11.8 Å². The van der Waals surface area contributed by atoms with Crippen molar-refractivity contribution >= 4 is 11.6 Å². The van der Waals surface area contributed by atoms with Crippen molar-refractivity contribution in [3.63, 3.8) is 0 Å². The van der Waals surface area contributed by atoms with Gasteiger partial charge in [-0.3, -0.25) is 0 Å². The highest BCUT2D eigenvalue weighted by atomic mass is 35.5. The lowest BCUT2D eigenvalue weighted by atomic mass is 10.0. The molecule has 1 unspecified atom stereocenters. The summed E-state index contributed by atoms with van der Waals surface area (Å²) in [5.41, 5.74) is 0.987. The maximum absolute atomic E-state index is 13.0. The van der Waals surface area contributed by atoms with Crippen LogP contribution in [-0.4, -0.2) is 12.6 Å². The molecule has 1 atom stereocenters. The van der Waals surface area contributed by atoms with E-state index in [2.05, 4.69) is 24.1 Å². The molecule has 0 saturated heterocycles. The Kier molecular flexibility index (Phi) is 7.55. The van der Waals surface area contributed by atoms with Crippen LogP contribution in [0.5, 0.6) is 0 Å². The van der Waals surface area contributed by atoms with Gasteiger partial charge in [-0.05, 0) is 50.4 Å². The highest BCUT2D eigenvalue weighted by Gasteiger charge is 2.11. The quantitative estimate of drug-likeness (QED) is 0.739. The van der Waals surface area contributed by atoms with Crippen molar-refractivity contribution in [2.24, 2.45) is 0 Å². The van der Waals surface area contributed by atoms with Crippen LogP contribution >= 0.6 is 11.6 Å².